The highest BCUT2D eigenvalue weighted by Gasteiger charge is 2.30. The van der Waals surface area contributed by atoms with Gasteiger partial charge in [0.15, 0.2) is 7.28 Å². The second-order valence-electron chi connectivity index (χ2n) is 3.44. The van der Waals surface area contributed by atoms with E-state index in [9.17, 15) is 18.3 Å². The van der Waals surface area contributed by atoms with Crippen molar-refractivity contribution in [3.05, 3.63) is 29.3 Å². The van der Waals surface area contributed by atoms with Crippen LogP contribution in [-0.4, -0.2) is 12.4 Å². The number of halogens is 3. The Bertz CT molecular complexity index is 347. The van der Waals surface area contributed by atoms with E-state index in [1.807, 2.05) is 0 Å². The summed E-state index contributed by atoms with van der Waals surface area (Å²) in [5.74, 6) is 0. The molecule has 5 heteroatoms. The van der Waals surface area contributed by atoms with Gasteiger partial charge in [0, 0.05) is 0 Å². The maximum Gasteiger partial charge on any atom is 0.416 e. The van der Waals surface area contributed by atoms with E-state index in [1.54, 1.807) is 13.7 Å². The molecule has 0 saturated heterocycles. The molecule has 0 unspecified atom stereocenters. The first kappa shape index (κ1) is 12.1. The first-order valence-corrected chi connectivity index (χ1v) is 4.74. The predicted octanol–water partition coefficient (Wildman–Crippen LogP) is 1.87. The Hall–Kier alpha value is -0.965. The number of aliphatic hydroxyl groups is 1. The van der Waals surface area contributed by atoms with E-state index in [1.165, 1.54) is 6.07 Å². The lowest BCUT2D eigenvalue weighted by Crippen LogP contribution is -2.21. The van der Waals surface area contributed by atoms with Crippen LogP contribution in [0.3, 0.4) is 0 Å². The quantitative estimate of drug-likeness (QED) is 0.748. The largest absolute Gasteiger partial charge is 0.416 e. The van der Waals surface area contributed by atoms with Gasteiger partial charge in [0.2, 0.25) is 0 Å². The van der Waals surface area contributed by atoms with Crippen molar-refractivity contribution in [3.63, 3.8) is 0 Å². The molecule has 0 bridgehead atoms. The van der Waals surface area contributed by atoms with Gasteiger partial charge in [-0.25, -0.2) is 0 Å². The second-order valence-corrected chi connectivity index (χ2v) is 3.44. The van der Waals surface area contributed by atoms with Crippen molar-refractivity contribution in [1.82, 2.24) is 0 Å². The van der Waals surface area contributed by atoms with Crippen LogP contribution >= 0.6 is 0 Å². The molecule has 0 saturated carbocycles. The predicted molar refractivity (Wildman–Crippen MR) is 54.7 cm³/mol. The molecule has 0 spiro atoms. The molecular formula is C10H12BF3O. The van der Waals surface area contributed by atoms with Gasteiger partial charge in [-0.15, -0.1) is 0 Å². The zero-order valence-corrected chi connectivity index (χ0v) is 8.60. The summed E-state index contributed by atoms with van der Waals surface area (Å²) in [5.41, 5.74) is 0.439. The van der Waals surface area contributed by atoms with Crippen LogP contribution < -0.4 is 5.46 Å². The molecule has 1 nitrogen and oxygen atoms in total. The molecule has 0 aliphatic rings. The molecule has 0 aliphatic carbocycles. The molecular weight excluding hydrogens is 204 g/mol. The molecule has 15 heavy (non-hydrogen) atoms. The molecule has 1 aromatic rings. The maximum absolute atomic E-state index is 12.4. The van der Waals surface area contributed by atoms with E-state index in [0.717, 1.165) is 12.1 Å². The van der Waals surface area contributed by atoms with Gasteiger partial charge in [-0.1, -0.05) is 24.4 Å². The third kappa shape index (κ3) is 2.75. The summed E-state index contributed by atoms with van der Waals surface area (Å²) in [7, 11) is 0.476. The van der Waals surface area contributed by atoms with Crippen molar-refractivity contribution in [2.45, 2.75) is 26.0 Å². The second kappa shape index (κ2) is 4.27. The topological polar surface area (TPSA) is 20.2 Å². The summed E-state index contributed by atoms with van der Waals surface area (Å²) in [6.45, 7) is 3.31. The smallest absolute Gasteiger partial charge is 0.389 e. The molecule has 0 radical (unpaired) electrons. The third-order valence-electron chi connectivity index (χ3n) is 2.30. The minimum absolute atomic E-state index is 0.476. The van der Waals surface area contributed by atoms with Gasteiger partial charge in [-0.05, 0) is 18.6 Å². The molecule has 1 aromatic carbocycles. The number of benzene rings is 1. The van der Waals surface area contributed by atoms with Gasteiger partial charge in [0.25, 0.3) is 0 Å². The minimum Gasteiger partial charge on any atom is -0.389 e. The van der Waals surface area contributed by atoms with Crippen LogP contribution in [-0.2, 0) is 6.18 Å². The normalized spacial score (nSPS) is 13.7. The number of hydrogen-bond acceptors (Lipinski definition) is 1. The molecule has 1 atom stereocenters. The highest BCUT2D eigenvalue weighted by molar-refractivity contribution is 6.52. The molecule has 0 aromatic heterocycles. The Morgan fingerprint density at radius 2 is 1.93 bits per heavy atom. The van der Waals surface area contributed by atoms with E-state index < -0.39 is 17.8 Å². The Labute approximate surface area is 87.2 Å². The lowest BCUT2D eigenvalue weighted by Gasteiger charge is -2.14. The van der Waals surface area contributed by atoms with Crippen molar-refractivity contribution in [1.29, 1.82) is 0 Å². The van der Waals surface area contributed by atoms with E-state index >= 15 is 0 Å². The molecule has 0 fully saturated rings. The Balaban J connectivity index is 3.19. The SMILES string of the molecule is CBc1cc(C(F)(F)F)ccc1[C@@H](C)O. The summed E-state index contributed by atoms with van der Waals surface area (Å²) in [4.78, 5) is 0. The van der Waals surface area contributed by atoms with Crippen molar-refractivity contribution in [2.75, 3.05) is 0 Å². The van der Waals surface area contributed by atoms with Gasteiger partial charge in [0.05, 0.1) is 11.7 Å². The standard InChI is InChI=1S/C10H12BF3O/c1-6(15)8-4-3-7(10(12,13)14)5-9(8)11-2/h3-6,11,15H,1-2H3/t6-/m1/s1. The zero-order valence-electron chi connectivity index (χ0n) is 8.60. The lowest BCUT2D eigenvalue weighted by atomic mass is 9.69. The van der Waals surface area contributed by atoms with Crippen LogP contribution in [0, 0.1) is 0 Å². The van der Waals surface area contributed by atoms with E-state index in [0.29, 0.717) is 18.3 Å². The van der Waals surface area contributed by atoms with Gasteiger partial charge in [0.1, 0.15) is 0 Å². The first-order valence-electron chi connectivity index (χ1n) is 4.74. The molecule has 0 heterocycles. The Morgan fingerprint density at radius 3 is 2.33 bits per heavy atom. The van der Waals surface area contributed by atoms with E-state index in [-0.39, 0.29) is 0 Å². The van der Waals surface area contributed by atoms with Crippen LogP contribution in [0.15, 0.2) is 18.2 Å². The van der Waals surface area contributed by atoms with Crippen LogP contribution in [0.25, 0.3) is 0 Å². The van der Waals surface area contributed by atoms with Crippen LogP contribution in [0.5, 0.6) is 0 Å². The molecule has 0 amide bonds. The summed E-state index contributed by atoms with van der Waals surface area (Å²) in [6.07, 6.45) is -5.05. The highest BCUT2D eigenvalue weighted by atomic mass is 19.4. The monoisotopic (exact) mass is 216 g/mol. The van der Waals surface area contributed by atoms with E-state index in [4.69, 9.17) is 0 Å². The average molecular weight is 216 g/mol. The van der Waals surface area contributed by atoms with Crippen LogP contribution in [0.4, 0.5) is 13.2 Å². The highest BCUT2D eigenvalue weighted by Crippen LogP contribution is 2.29. The summed E-state index contributed by atoms with van der Waals surface area (Å²) in [6, 6.07) is 3.44. The van der Waals surface area contributed by atoms with Crippen LogP contribution in [0.1, 0.15) is 24.2 Å². The summed E-state index contributed by atoms with van der Waals surface area (Å²) in [5, 5.41) is 9.35. The third-order valence-corrected chi connectivity index (χ3v) is 2.30. The summed E-state index contributed by atoms with van der Waals surface area (Å²) >= 11 is 0. The van der Waals surface area contributed by atoms with Gasteiger partial charge >= 0.3 is 6.18 Å². The van der Waals surface area contributed by atoms with Crippen molar-refractivity contribution in [3.8, 4) is 0 Å². The van der Waals surface area contributed by atoms with Crippen molar-refractivity contribution < 1.29 is 18.3 Å². The van der Waals surface area contributed by atoms with Crippen molar-refractivity contribution >= 4 is 12.7 Å². The van der Waals surface area contributed by atoms with Crippen LogP contribution in [0.2, 0.25) is 6.82 Å². The molecule has 82 valence electrons. The molecule has 1 N–H and O–H groups in total. The molecule has 0 aliphatic heterocycles. The number of hydrogen-bond donors (Lipinski definition) is 1. The summed E-state index contributed by atoms with van der Waals surface area (Å²) < 4.78 is 37.1. The fourth-order valence-electron chi connectivity index (χ4n) is 1.50. The van der Waals surface area contributed by atoms with Crippen molar-refractivity contribution in [2.24, 2.45) is 0 Å². The molecule has 1 rings (SSSR count). The Kier molecular flexibility index (Phi) is 3.44. The minimum atomic E-state index is -4.32. The number of alkyl halides is 3. The van der Waals surface area contributed by atoms with E-state index in [2.05, 4.69) is 0 Å². The zero-order chi connectivity index (χ0) is 11.6. The fraction of sp³-hybridized carbons (Fsp3) is 0.400. The fourth-order valence-corrected chi connectivity index (χ4v) is 1.50. The average Bonchev–Trinajstić information content (AvgIpc) is 2.15. The Morgan fingerprint density at radius 1 is 1.33 bits per heavy atom. The maximum atomic E-state index is 12.4. The van der Waals surface area contributed by atoms with Gasteiger partial charge in [-0.2, -0.15) is 13.2 Å². The first-order chi connectivity index (χ1) is 6.86. The number of rotatable bonds is 2. The van der Waals surface area contributed by atoms with Gasteiger partial charge in [-0.3, -0.25) is 0 Å². The lowest BCUT2D eigenvalue weighted by molar-refractivity contribution is -0.137. The number of aliphatic hydroxyl groups excluding tert-OH is 1. The van der Waals surface area contributed by atoms with Gasteiger partial charge < -0.3 is 5.11 Å².